The fourth-order valence-corrected chi connectivity index (χ4v) is 3.75. The quantitative estimate of drug-likeness (QED) is 0.856. The van der Waals surface area contributed by atoms with E-state index in [0.717, 1.165) is 44.5 Å². The van der Waals surface area contributed by atoms with Crippen LogP contribution < -0.4 is 5.32 Å². The van der Waals surface area contributed by atoms with E-state index in [0.29, 0.717) is 6.54 Å². The first-order valence-electron chi connectivity index (χ1n) is 9.08. The first-order valence-corrected chi connectivity index (χ1v) is 9.08. The Labute approximate surface area is 147 Å². The standard InChI is InChI=1S/C18H24N4O3/c23-15-12-25-17(18(24)21-9-2-7-19-8-10-21)16(22(15)14-4-5-14)13-3-1-6-20-11-13/h1,3,6,11,14,16-17,19H,2,4-5,7-10,12H2/t16-,17+/m1/s1. The number of pyridine rings is 1. The average Bonchev–Trinajstić information content (AvgIpc) is 3.48. The molecule has 0 aromatic carbocycles. The molecule has 3 aliphatic rings. The molecule has 2 amide bonds. The van der Waals surface area contributed by atoms with Crippen molar-refractivity contribution in [2.24, 2.45) is 0 Å². The molecule has 2 atom stereocenters. The highest BCUT2D eigenvalue weighted by molar-refractivity contribution is 5.86. The zero-order valence-corrected chi connectivity index (χ0v) is 14.3. The zero-order chi connectivity index (χ0) is 17.2. The van der Waals surface area contributed by atoms with Crippen molar-refractivity contribution in [2.75, 3.05) is 32.8 Å². The number of hydrogen-bond acceptors (Lipinski definition) is 5. The van der Waals surface area contributed by atoms with Crippen molar-refractivity contribution in [1.82, 2.24) is 20.1 Å². The highest BCUT2D eigenvalue weighted by Gasteiger charge is 2.48. The molecule has 0 spiro atoms. The van der Waals surface area contributed by atoms with Gasteiger partial charge >= 0.3 is 0 Å². The third-order valence-electron chi connectivity index (χ3n) is 5.12. The van der Waals surface area contributed by atoms with Crippen LogP contribution in [0.1, 0.15) is 30.9 Å². The van der Waals surface area contributed by atoms with Gasteiger partial charge in [-0.15, -0.1) is 0 Å². The lowest BCUT2D eigenvalue weighted by Crippen LogP contribution is -2.56. The van der Waals surface area contributed by atoms with Gasteiger partial charge in [0, 0.05) is 38.1 Å². The smallest absolute Gasteiger partial charge is 0.254 e. The summed E-state index contributed by atoms with van der Waals surface area (Å²) in [6, 6.07) is 3.62. The number of nitrogens with zero attached hydrogens (tertiary/aromatic N) is 3. The summed E-state index contributed by atoms with van der Waals surface area (Å²) in [5, 5.41) is 3.31. The fraction of sp³-hybridized carbons (Fsp3) is 0.611. The normalized spacial score (nSPS) is 27.9. The van der Waals surface area contributed by atoms with Crippen molar-refractivity contribution < 1.29 is 14.3 Å². The first-order chi connectivity index (χ1) is 12.3. The Balaban J connectivity index is 1.64. The van der Waals surface area contributed by atoms with E-state index in [1.807, 2.05) is 21.9 Å². The molecule has 1 aromatic rings. The van der Waals surface area contributed by atoms with Crippen LogP contribution >= 0.6 is 0 Å². The Morgan fingerprint density at radius 1 is 1.28 bits per heavy atom. The molecule has 7 heteroatoms. The van der Waals surface area contributed by atoms with Crippen LogP contribution in [0.4, 0.5) is 0 Å². The number of nitrogens with one attached hydrogen (secondary N) is 1. The average molecular weight is 344 g/mol. The molecule has 0 radical (unpaired) electrons. The molecule has 2 aliphatic heterocycles. The van der Waals surface area contributed by atoms with E-state index in [9.17, 15) is 9.59 Å². The summed E-state index contributed by atoms with van der Waals surface area (Å²) in [5.74, 6) is -0.0476. The molecule has 4 rings (SSSR count). The van der Waals surface area contributed by atoms with Crippen molar-refractivity contribution in [3.05, 3.63) is 30.1 Å². The third-order valence-corrected chi connectivity index (χ3v) is 5.12. The molecule has 1 saturated carbocycles. The summed E-state index contributed by atoms with van der Waals surface area (Å²) in [5.41, 5.74) is 0.869. The minimum atomic E-state index is -0.652. The molecular weight excluding hydrogens is 320 g/mol. The van der Waals surface area contributed by atoms with Gasteiger partial charge in [-0.25, -0.2) is 0 Å². The van der Waals surface area contributed by atoms with Gasteiger partial charge in [0.2, 0.25) is 5.91 Å². The molecular formula is C18H24N4O3. The predicted molar refractivity (Wildman–Crippen MR) is 90.7 cm³/mol. The van der Waals surface area contributed by atoms with Crippen molar-refractivity contribution in [1.29, 1.82) is 0 Å². The van der Waals surface area contributed by atoms with Crippen molar-refractivity contribution in [3.63, 3.8) is 0 Å². The summed E-state index contributed by atoms with van der Waals surface area (Å²) in [7, 11) is 0. The van der Waals surface area contributed by atoms with E-state index in [-0.39, 0.29) is 30.5 Å². The Hall–Kier alpha value is -1.99. The number of carbonyl (C=O) groups is 2. The summed E-state index contributed by atoms with van der Waals surface area (Å²) in [6.07, 6.45) is 5.72. The highest BCUT2D eigenvalue weighted by Crippen LogP contribution is 2.39. The number of morpholine rings is 1. The molecule has 0 bridgehead atoms. The number of ether oxygens (including phenoxy) is 1. The molecule has 134 valence electrons. The van der Waals surface area contributed by atoms with Gasteiger partial charge in [-0.05, 0) is 37.4 Å². The van der Waals surface area contributed by atoms with Crippen LogP contribution in [0.2, 0.25) is 0 Å². The van der Waals surface area contributed by atoms with E-state index in [2.05, 4.69) is 10.3 Å². The van der Waals surface area contributed by atoms with Gasteiger partial charge in [0.15, 0.2) is 6.10 Å². The lowest BCUT2D eigenvalue weighted by Gasteiger charge is -2.42. The number of carbonyl (C=O) groups excluding carboxylic acids is 2. The van der Waals surface area contributed by atoms with Gasteiger partial charge in [-0.3, -0.25) is 14.6 Å². The second-order valence-electron chi connectivity index (χ2n) is 6.92. The molecule has 1 aliphatic carbocycles. The zero-order valence-electron chi connectivity index (χ0n) is 14.3. The Morgan fingerprint density at radius 3 is 2.92 bits per heavy atom. The maximum absolute atomic E-state index is 13.2. The summed E-state index contributed by atoms with van der Waals surface area (Å²) >= 11 is 0. The van der Waals surface area contributed by atoms with Crippen molar-refractivity contribution in [3.8, 4) is 0 Å². The molecule has 7 nitrogen and oxygen atoms in total. The van der Waals surface area contributed by atoms with E-state index in [1.165, 1.54) is 0 Å². The maximum atomic E-state index is 13.2. The van der Waals surface area contributed by atoms with E-state index >= 15 is 0 Å². The second-order valence-corrected chi connectivity index (χ2v) is 6.92. The van der Waals surface area contributed by atoms with Crippen molar-refractivity contribution >= 4 is 11.8 Å². The third kappa shape index (κ3) is 3.39. The first kappa shape index (κ1) is 16.5. The van der Waals surface area contributed by atoms with Gasteiger partial charge in [-0.1, -0.05) is 6.07 Å². The predicted octanol–water partition coefficient (Wildman–Crippen LogP) is 0.334. The van der Waals surface area contributed by atoms with E-state index in [1.54, 1.807) is 12.4 Å². The SMILES string of the molecule is O=C([C@H]1OCC(=O)N(C2CC2)[C@@H]1c1cccnc1)N1CCCNCC1. The van der Waals surface area contributed by atoms with E-state index < -0.39 is 6.10 Å². The van der Waals surface area contributed by atoms with Crippen LogP contribution in [0.3, 0.4) is 0 Å². The molecule has 25 heavy (non-hydrogen) atoms. The van der Waals surface area contributed by atoms with Crippen LogP contribution in [0, 0.1) is 0 Å². The number of hydrogen-bond donors (Lipinski definition) is 1. The van der Waals surface area contributed by atoms with Crippen LogP contribution in [0.5, 0.6) is 0 Å². The topological polar surface area (TPSA) is 74.8 Å². The summed E-state index contributed by atoms with van der Waals surface area (Å²) in [6.45, 7) is 3.10. The maximum Gasteiger partial charge on any atom is 0.254 e. The minimum absolute atomic E-state index is 0.0179. The summed E-state index contributed by atoms with van der Waals surface area (Å²) in [4.78, 5) is 33.6. The van der Waals surface area contributed by atoms with Gasteiger partial charge in [0.05, 0.1) is 6.04 Å². The molecule has 1 N–H and O–H groups in total. The van der Waals surface area contributed by atoms with Crippen LogP contribution in [-0.4, -0.2) is 71.5 Å². The van der Waals surface area contributed by atoms with Gasteiger partial charge in [-0.2, -0.15) is 0 Å². The Bertz CT molecular complexity index is 626. The lowest BCUT2D eigenvalue weighted by atomic mass is 9.97. The molecule has 3 fully saturated rings. The van der Waals surface area contributed by atoms with E-state index in [4.69, 9.17) is 4.74 Å². The van der Waals surface area contributed by atoms with Gasteiger partial charge < -0.3 is 19.9 Å². The number of aromatic nitrogens is 1. The minimum Gasteiger partial charge on any atom is -0.356 e. The highest BCUT2D eigenvalue weighted by atomic mass is 16.5. The number of amides is 2. The monoisotopic (exact) mass is 344 g/mol. The number of rotatable bonds is 3. The largest absolute Gasteiger partial charge is 0.356 e. The molecule has 1 aromatic heterocycles. The fourth-order valence-electron chi connectivity index (χ4n) is 3.75. The second kappa shape index (κ2) is 7.09. The lowest BCUT2D eigenvalue weighted by molar-refractivity contribution is -0.170. The summed E-state index contributed by atoms with van der Waals surface area (Å²) < 4.78 is 5.79. The van der Waals surface area contributed by atoms with Crippen LogP contribution in [0.15, 0.2) is 24.5 Å². The van der Waals surface area contributed by atoms with Gasteiger partial charge in [0.25, 0.3) is 5.91 Å². The van der Waals surface area contributed by atoms with Crippen LogP contribution in [0.25, 0.3) is 0 Å². The molecule has 0 unspecified atom stereocenters. The van der Waals surface area contributed by atoms with Crippen LogP contribution in [-0.2, 0) is 14.3 Å². The molecule has 2 saturated heterocycles. The Morgan fingerprint density at radius 2 is 2.16 bits per heavy atom. The van der Waals surface area contributed by atoms with Gasteiger partial charge in [0.1, 0.15) is 6.61 Å². The van der Waals surface area contributed by atoms with Crippen molar-refractivity contribution in [2.45, 2.75) is 37.5 Å². The Kier molecular flexibility index (Phi) is 4.67. The molecule has 3 heterocycles.